The summed E-state index contributed by atoms with van der Waals surface area (Å²) in [6, 6.07) is 0. The molecule has 4 rings (SSSR count). The first-order valence-corrected chi connectivity index (χ1v) is 10.7. The second kappa shape index (κ2) is 8.35. The van der Waals surface area contributed by atoms with E-state index >= 15 is 0 Å². The molecule has 4 aromatic heterocycles. The number of hydrogen-bond donors (Lipinski definition) is 4. The summed E-state index contributed by atoms with van der Waals surface area (Å²) in [5, 5.41) is 42.2. The minimum absolute atomic E-state index is 0.0781. The zero-order valence-electron chi connectivity index (χ0n) is 20.4. The molecule has 2 unspecified atom stereocenters. The van der Waals surface area contributed by atoms with Gasteiger partial charge in [0.05, 0.1) is 25.7 Å². The van der Waals surface area contributed by atoms with Gasteiger partial charge in [0.1, 0.15) is 0 Å². The number of carboxylic acid groups (broad SMARTS) is 2. The molecule has 0 fully saturated rings. The zero-order valence-corrected chi connectivity index (χ0v) is 20.4. The molecule has 0 bridgehead atoms. The van der Waals surface area contributed by atoms with E-state index in [0.29, 0.717) is 0 Å². The first kappa shape index (κ1) is 26.2. The van der Waals surface area contributed by atoms with Gasteiger partial charge < -0.3 is 29.6 Å². The topological polar surface area (TPSA) is 239 Å². The number of aliphatic hydroxyl groups is 2. The first-order chi connectivity index (χ1) is 17.6. The molecule has 0 amide bonds. The highest BCUT2D eigenvalue weighted by Gasteiger charge is 2.62. The van der Waals surface area contributed by atoms with Crippen molar-refractivity contribution in [3.05, 3.63) is 54.3 Å². The Morgan fingerprint density at radius 2 is 1.03 bits per heavy atom. The van der Waals surface area contributed by atoms with Crippen molar-refractivity contribution in [2.24, 2.45) is 28.2 Å². The highest BCUT2D eigenvalue weighted by Crippen LogP contribution is 2.27. The average Bonchev–Trinajstić information content (AvgIpc) is 3.44. The Bertz CT molecular complexity index is 1770. The maximum absolute atomic E-state index is 13.1. The number of nitrogens with zero attached hydrogens (tertiary/aromatic N) is 8. The van der Waals surface area contributed by atoms with Gasteiger partial charge in [-0.1, -0.05) is 0 Å². The van der Waals surface area contributed by atoms with Crippen LogP contribution in [0.5, 0.6) is 0 Å². The van der Waals surface area contributed by atoms with E-state index in [0.717, 1.165) is 9.13 Å². The van der Waals surface area contributed by atoms with Crippen LogP contribution in [0.1, 0.15) is 0 Å². The number of hydrogen-bond acceptors (Lipinski definition) is 10. The standard InChI is InChI=1S/C20H22N8O10/c1-23-7-21-11-9(23)13(29)27(17(35)25(11)3)5-19(37,15(31)32)20(38,16(33)34)6-28-14(30)10-12(22-8-24(10)2)26(4)18(28)36/h7-8,37-38H,5-6H2,1-4H3,(H,31,32)(H,33,34). The third kappa shape index (κ3) is 3.34. The molecule has 0 aliphatic heterocycles. The molecule has 0 aliphatic rings. The van der Waals surface area contributed by atoms with Crippen molar-refractivity contribution in [1.29, 1.82) is 0 Å². The number of fused-ring (bicyclic) bond motifs is 2. The summed E-state index contributed by atoms with van der Waals surface area (Å²) in [7, 11) is 5.20. The third-order valence-corrected chi connectivity index (χ3v) is 6.57. The molecule has 0 aromatic carbocycles. The second-order valence-corrected chi connectivity index (χ2v) is 8.85. The molecule has 4 N–H and O–H groups in total. The van der Waals surface area contributed by atoms with Crippen LogP contribution < -0.4 is 22.5 Å². The predicted octanol–water partition coefficient (Wildman–Crippen LogP) is -4.49. The third-order valence-electron chi connectivity index (χ3n) is 6.57. The Morgan fingerprint density at radius 3 is 1.32 bits per heavy atom. The first-order valence-electron chi connectivity index (χ1n) is 10.7. The Kier molecular flexibility index (Phi) is 5.76. The van der Waals surface area contributed by atoms with Gasteiger partial charge in [0.25, 0.3) is 11.1 Å². The van der Waals surface area contributed by atoms with Crippen LogP contribution in [0.3, 0.4) is 0 Å². The summed E-state index contributed by atoms with van der Waals surface area (Å²) < 4.78 is 4.58. The average molecular weight is 534 g/mol. The molecule has 0 saturated heterocycles. The number of aromatic nitrogens is 8. The van der Waals surface area contributed by atoms with Crippen molar-refractivity contribution in [3.63, 3.8) is 0 Å². The summed E-state index contributed by atoms with van der Waals surface area (Å²) in [5.74, 6) is -4.71. The quantitative estimate of drug-likeness (QED) is 0.175. The number of imidazole rings is 2. The fraction of sp³-hybridized carbons (Fsp3) is 0.400. The van der Waals surface area contributed by atoms with Gasteiger partial charge in [-0.05, 0) is 0 Å². The lowest BCUT2D eigenvalue weighted by molar-refractivity contribution is -0.213. The molecule has 0 spiro atoms. The van der Waals surface area contributed by atoms with Gasteiger partial charge in [-0.2, -0.15) is 0 Å². The highest BCUT2D eigenvalue weighted by atomic mass is 16.5. The van der Waals surface area contributed by atoms with E-state index in [4.69, 9.17) is 0 Å². The lowest BCUT2D eigenvalue weighted by Gasteiger charge is -2.37. The van der Waals surface area contributed by atoms with Crippen molar-refractivity contribution in [1.82, 2.24) is 37.4 Å². The Balaban J connectivity index is 1.98. The van der Waals surface area contributed by atoms with E-state index in [1.807, 2.05) is 0 Å². The molecule has 4 aromatic rings. The second-order valence-electron chi connectivity index (χ2n) is 8.85. The van der Waals surface area contributed by atoms with Crippen LogP contribution in [0, 0.1) is 0 Å². The van der Waals surface area contributed by atoms with Gasteiger partial charge in [-0.3, -0.25) is 27.9 Å². The molecule has 2 atom stereocenters. The Hall–Kier alpha value is -4.84. The summed E-state index contributed by atoms with van der Waals surface area (Å²) in [6.07, 6.45) is 2.40. The molecule has 38 heavy (non-hydrogen) atoms. The number of rotatable bonds is 7. The monoisotopic (exact) mass is 534 g/mol. The number of aryl methyl sites for hydroxylation is 4. The number of carboxylic acids is 2. The van der Waals surface area contributed by atoms with Crippen molar-refractivity contribution >= 4 is 34.3 Å². The lowest BCUT2D eigenvalue weighted by atomic mass is 9.81. The molecule has 4 heterocycles. The molecule has 0 saturated carbocycles. The normalized spacial score (nSPS) is 15.0. The van der Waals surface area contributed by atoms with Gasteiger partial charge in [0.15, 0.2) is 22.3 Å². The van der Waals surface area contributed by atoms with Crippen LogP contribution in [-0.2, 0) is 50.9 Å². The molecular formula is C20H22N8O10. The van der Waals surface area contributed by atoms with Crippen LogP contribution in [0.4, 0.5) is 0 Å². The van der Waals surface area contributed by atoms with E-state index in [2.05, 4.69) is 9.97 Å². The summed E-state index contributed by atoms with van der Waals surface area (Å²) in [5.41, 5.74) is -12.8. The summed E-state index contributed by atoms with van der Waals surface area (Å²) >= 11 is 0. The Morgan fingerprint density at radius 1 is 0.711 bits per heavy atom. The van der Waals surface area contributed by atoms with Crippen molar-refractivity contribution in [2.75, 3.05) is 0 Å². The lowest BCUT2D eigenvalue weighted by Crippen LogP contribution is -2.70. The molecule has 18 nitrogen and oxygen atoms in total. The van der Waals surface area contributed by atoms with Crippen LogP contribution in [0.25, 0.3) is 22.3 Å². The molecular weight excluding hydrogens is 512 g/mol. The minimum atomic E-state index is -3.81. The van der Waals surface area contributed by atoms with Crippen molar-refractivity contribution in [2.45, 2.75) is 24.3 Å². The smallest absolute Gasteiger partial charge is 0.341 e. The van der Waals surface area contributed by atoms with Crippen LogP contribution in [-0.4, -0.2) is 80.9 Å². The van der Waals surface area contributed by atoms with Gasteiger partial charge in [0, 0.05) is 28.2 Å². The maximum Gasteiger partial charge on any atom is 0.341 e. The Labute approximate surface area is 209 Å². The largest absolute Gasteiger partial charge is 0.479 e. The van der Waals surface area contributed by atoms with E-state index in [-0.39, 0.29) is 31.5 Å². The molecule has 0 radical (unpaired) electrons. The fourth-order valence-corrected chi connectivity index (χ4v) is 4.28. The number of carbonyl (C=O) groups is 2. The van der Waals surface area contributed by atoms with E-state index in [1.54, 1.807) is 0 Å². The van der Waals surface area contributed by atoms with E-state index in [9.17, 15) is 49.2 Å². The van der Waals surface area contributed by atoms with E-state index in [1.165, 1.54) is 50.0 Å². The van der Waals surface area contributed by atoms with Crippen LogP contribution >= 0.6 is 0 Å². The van der Waals surface area contributed by atoms with Crippen LogP contribution in [0.15, 0.2) is 31.8 Å². The van der Waals surface area contributed by atoms with Gasteiger partial charge >= 0.3 is 23.3 Å². The number of aliphatic carboxylic acids is 2. The van der Waals surface area contributed by atoms with Gasteiger partial charge in [-0.25, -0.2) is 29.1 Å². The van der Waals surface area contributed by atoms with Crippen molar-refractivity contribution in [3.8, 4) is 0 Å². The SMILES string of the molecule is Cn1cnc2c1c(=O)n(CC(O)(C(=O)O)C(O)(Cn1c(=O)c3c(ncn3C)n(C)c1=O)C(=O)O)c(=O)n2C. The van der Waals surface area contributed by atoms with Gasteiger partial charge in [-0.15, -0.1) is 0 Å². The summed E-state index contributed by atoms with van der Waals surface area (Å²) in [6.45, 7) is -3.14. The zero-order chi connectivity index (χ0) is 28.5. The highest BCUT2D eigenvalue weighted by molar-refractivity contribution is 5.90. The maximum atomic E-state index is 13.1. The van der Waals surface area contributed by atoms with Crippen molar-refractivity contribution < 1.29 is 30.0 Å². The van der Waals surface area contributed by atoms with Crippen LogP contribution in [0.2, 0.25) is 0 Å². The predicted molar refractivity (Wildman–Crippen MR) is 126 cm³/mol. The minimum Gasteiger partial charge on any atom is -0.479 e. The fourth-order valence-electron chi connectivity index (χ4n) is 4.28. The molecule has 18 heteroatoms. The van der Waals surface area contributed by atoms with Gasteiger partial charge in [0.2, 0.25) is 11.2 Å². The summed E-state index contributed by atoms with van der Waals surface area (Å²) in [4.78, 5) is 84.4. The van der Waals surface area contributed by atoms with E-state index < -0.39 is 58.7 Å². The molecule has 0 aliphatic carbocycles. The molecule has 202 valence electrons.